The molecule has 0 heterocycles. The number of rotatable bonds is 9. The fourth-order valence-electron chi connectivity index (χ4n) is 2.36. The van der Waals surface area contributed by atoms with Crippen molar-refractivity contribution >= 4 is 21.9 Å². The molecule has 0 fully saturated rings. The zero-order valence-electron chi connectivity index (χ0n) is 14.0. The molecule has 0 spiro atoms. The molecule has 7 heteroatoms. The van der Waals surface area contributed by atoms with E-state index in [0.717, 1.165) is 5.56 Å². The van der Waals surface area contributed by atoms with Gasteiger partial charge in [0.1, 0.15) is 11.5 Å². The zero-order chi connectivity index (χ0) is 18.2. The molecule has 2 aromatic carbocycles. The van der Waals surface area contributed by atoms with E-state index in [4.69, 9.17) is 18.9 Å². The number of ether oxygens (including phenoxy) is 4. The largest absolute Gasteiger partial charge is 0.481 e. The molecule has 0 unspecified atom stereocenters. The average Bonchev–Trinajstić information content (AvgIpc) is 2.61. The van der Waals surface area contributed by atoms with E-state index in [1.165, 1.54) is 14.2 Å². The first-order chi connectivity index (χ1) is 12.1. The standard InChI is InChI=1S/C18H19BrO6/c1-22-10-24-14-9-15(25-11-23-2)18(19)13(8-16(20)21)17(14)12-6-4-3-5-7-12/h3-7,9H,8,10-11H2,1-2H3,(H,20,21). The Morgan fingerprint density at radius 2 is 1.64 bits per heavy atom. The van der Waals surface area contributed by atoms with Crippen LogP contribution in [-0.4, -0.2) is 38.9 Å². The highest BCUT2D eigenvalue weighted by molar-refractivity contribution is 9.10. The molecule has 0 aliphatic carbocycles. The Hall–Kier alpha value is -2.09. The van der Waals surface area contributed by atoms with E-state index < -0.39 is 5.97 Å². The van der Waals surface area contributed by atoms with E-state index in [-0.39, 0.29) is 20.0 Å². The van der Waals surface area contributed by atoms with Gasteiger partial charge < -0.3 is 24.1 Å². The van der Waals surface area contributed by atoms with Gasteiger partial charge in [-0.25, -0.2) is 0 Å². The second-order valence-corrected chi connectivity index (χ2v) is 5.87. The first kappa shape index (κ1) is 19.2. The van der Waals surface area contributed by atoms with Crippen LogP contribution in [0.4, 0.5) is 0 Å². The summed E-state index contributed by atoms with van der Waals surface area (Å²) in [4.78, 5) is 11.4. The van der Waals surface area contributed by atoms with Crippen molar-refractivity contribution in [2.45, 2.75) is 6.42 Å². The predicted molar refractivity (Wildman–Crippen MR) is 95.9 cm³/mol. The molecule has 0 aliphatic heterocycles. The van der Waals surface area contributed by atoms with Gasteiger partial charge in [-0.2, -0.15) is 0 Å². The predicted octanol–water partition coefficient (Wildman–Crippen LogP) is 3.71. The van der Waals surface area contributed by atoms with Gasteiger partial charge >= 0.3 is 5.97 Å². The van der Waals surface area contributed by atoms with Crippen molar-refractivity contribution in [3.8, 4) is 22.6 Å². The van der Waals surface area contributed by atoms with Crippen molar-refractivity contribution in [2.75, 3.05) is 27.8 Å². The van der Waals surface area contributed by atoms with Crippen LogP contribution in [0.1, 0.15) is 5.56 Å². The fraction of sp³-hybridized carbons (Fsp3) is 0.278. The number of aliphatic carboxylic acids is 1. The SMILES string of the molecule is COCOc1cc(OCOC)c(-c2ccccc2)c(CC(=O)O)c1Br. The summed E-state index contributed by atoms with van der Waals surface area (Å²) in [6, 6.07) is 11.1. The highest BCUT2D eigenvalue weighted by Crippen LogP contribution is 2.43. The number of carboxylic acid groups (broad SMARTS) is 1. The lowest BCUT2D eigenvalue weighted by Crippen LogP contribution is -2.09. The number of hydrogen-bond donors (Lipinski definition) is 1. The van der Waals surface area contributed by atoms with Gasteiger partial charge in [0.05, 0.1) is 10.9 Å². The number of halogens is 1. The van der Waals surface area contributed by atoms with Gasteiger partial charge in [0.25, 0.3) is 0 Å². The smallest absolute Gasteiger partial charge is 0.307 e. The number of benzene rings is 2. The Morgan fingerprint density at radius 3 is 2.20 bits per heavy atom. The third kappa shape index (κ3) is 4.94. The van der Waals surface area contributed by atoms with Gasteiger partial charge in [-0.15, -0.1) is 0 Å². The monoisotopic (exact) mass is 410 g/mol. The second-order valence-electron chi connectivity index (χ2n) is 5.08. The van der Waals surface area contributed by atoms with E-state index in [2.05, 4.69) is 15.9 Å². The first-order valence-electron chi connectivity index (χ1n) is 7.44. The van der Waals surface area contributed by atoms with E-state index in [1.54, 1.807) is 6.07 Å². The van der Waals surface area contributed by atoms with E-state index in [1.807, 2.05) is 30.3 Å². The van der Waals surface area contributed by atoms with Crippen LogP contribution in [0.15, 0.2) is 40.9 Å². The van der Waals surface area contributed by atoms with Crippen molar-refractivity contribution in [1.29, 1.82) is 0 Å². The van der Waals surface area contributed by atoms with Gasteiger partial charge in [-0.05, 0) is 27.1 Å². The van der Waals surface area contributed by atoms with Crippen molar-refractivity contribution in [3.05, 3.63) is 46.4 Å². The van der Waals surface area contributed by atoms with Crippen LogP contribution in [0.2, 0.25) is 0 Å². The Labute approximate surface area is 154 Å². The van der Waals surface area contributed by atoms with Gasteiger partial charge in [-0.1, -0.05) is 30.3 Å². The minimum absolute atomic E-state index is 0.0255. The molecule has 0 saturated heterocycles. The van der Waals surface area contributed by atoms with Crippen molar-refractivity contribution in [3.63, 3.8) is 0 Å². The molecule has 0 amide bonds. The molecule has 0 saturated carbocycles. The summed E-state index contributed by atoms with van der Waals surface area (Å²) in [5.41, 5.74) is 2.07. The van der Waals surface area contributed by atoms with Gasteiger partial charge in [0.2, 0.25) is 0 Å². The highest BCUT2D eigenvalue weighted by atomic mass is 79.9. The summed E-state index contributed by atoms with van der Waals surface area (Å²) in [5, 5.41) is 9.34. The number of hydrogen-bond acceptors (Lipinski definition) is 5. The minimum Gasteiger partial charge on any atom is -0.481 e. The molecule has 2 rings (SSSR count). The lowest BCUT2D eigenvalue weighted by Gasteiger charge is -2.19. The third-order valence-corrected chi connectivity index (χ3v) is 4.22. The second kappa shape index (κ2) is 9.41. The van der Waals surface area contributed by atoms with Crippen LogP contribution in [0.3, 0.4) is 0 Å². The molecular formula is C18H19BrO6. The maximum absolute atomic E-state index is 11.4. The molecule has 0 aliphatic rings. The Bertz CT molecular complexity index is 717. The summed E-state index contributed by atoms with van der Waals surface area (Å²) >= 11 is 3.46. The van der Waals surface area contributed by atoms with E-state index in [0.29, 0.717) is 27.1 Å². The number of carboxylic acids is 1. The minimum atomic E-state index is -0.959. The van der Waals surface area contributed by atoms with Crippen LogP contribution in [0.25, 0.3) is 11.1 Å². The molecule has 6 nitrogen and oxygen atoms in total. The quantitative estimate of drug-likeness (QED) is 0.635. The van der Waals surface area contributed by atoms with E-state index >= 15 is 0 Å². The molecule has 1 N–H and O–H groups in total. The molecule has 25 heavy (non-hydrogen) atoms. The summed E-state index contributed by atoms with van der Waals surface area (Å²) in [5.74, 6) is -0.0537. The summed E-state index contributed by atoms with van der Waals surface area (Å²) < 4.78 is 21.7. The Kier molecular flexibility index (Phi) is 7.24. The molecule has 0 bridgehead atoms. The van der Waals surface area contributed by atoms with Crippen molar-refractivity contribution in [1.82, 2.24) is 0 Å². The van der Waals surface area contributed by atoms with Gasteiger partial charge in [0, 0.05) is 25.8 Å². The van der Waals surface area contributed by atoms with Crippen LogP contribution in [0, 0.1) is 0 Å². The normalized spacial score (nSPS) is 10.5. The molecule has 0 atom stereocenters. The highest BCUT2D eigenvalue weighted by Gasteiger charge is 2.22. The summed E-state index contributed by atoms with van der Waals surface area (Å²) in [7, 11) is 3.02. The van der Waals surface area contributed by atoms with Crippen LogP contribution in [-0.2, 0) is 20.7 Å². The van der Waals surface area contributed by atoms with Crippen molar-refractivity contribution < 1.29 is 28.8 Å². The lowest BCUT2D eigenvalue weighted by molar-refractivity contribution is -0.136. The van der Waals surface area contributed by atoms with Crippen LogP contribution < -0.4 is 9.47 Å². The lowest BCUT2D eigenvalue weighted by atomic mass is 9.96. The van der Waals surface area contributed by atoms with E-state index in [9.17, 15) is 9.90 Å². The van der Waals surface area contributed by atoms with Gasteiger partial charge in [0.15, 0.2) is 13.6 Å². The Balaban J connectivity index is 2.66. The van der Waals surface area contributed by atoms with Gasteiger partial charge in [-0.3, -0.25) is 4.79 Å². The first-order valence-corrected chi connectivity index (χ1v) is 8.23. The molecule has 134 valence electrons. The van der Waals surface area contributed by atoms with Crippen molar-refractivity contribution in [2.24, 2.45) is 0 Å². The topological polar surface area (TPSA) is 74.2 Å². The fourth-order valence-corrected chi connectivity index (χ4v) is 2.93. The molecule has 0 radical (unpaired) electrons. The maximum Gasteiger partial charge on any atom is 0.307 e. The third-order valence-electron chi connectivity index (χ3n) is 3.35. The molecular weight excluding hydrogens is 392 g/mol. The summed E-state index contributed by atoms with van der Waals surface area (Å²) in [6.07, 6.45) is -0.196. The molecule has 2 aromatic rings. The van der Waals surface area contributed by atoms with Crippen LogP contribution >= 0.6 is 15.9 Å². The van der Waals surface area contributed by atoms with Crippen LogP contribution in [0.5, 0.6) is 11.5 Å². The molecule has 0 aromatic heterocycles. The maximum atomic E-state index is 11.4. The number of methoxy groups -OCH3 is 2. The average molecular weight is 411 g/mol. The number of carbonyl (C=O) groups is 1. The Morgan fingerprint density at radius 1 is 1.04 bits per heavy atom. The zero-order valence-corrected chi connectivity index (χ0v) is 15.5. The summed E-state index contributed by atoms with van der Waals surface area (Å²) in [6.45, 7) is 0.0528.